The van der Waals surface area contributed by atoms with Gasteiger partial charge in [0.1, 0.15) is 6.04 Å². The molecule has 2 aliphatic heterocycles. The van der Waals surface area contributed by atoms with Crippen LogP contribution in [0.25, 0.3) is 10.8 Å². The fraction of sp³-hybridized carbons (Fsp3) is 0.419. The third-order valence-corrected chi connectivity index (χ3v) is 10.0. The molecule has 2 atom stereocenters. The summed E-state index contributed by atoms with van der Waals surface area (Å²) in [6.07, 6.45) is 0.966. The second kappa shape index (κ2) is 13.1. The zero-order chi connectivity index (χ0) is 29.9. The van der Waals surface area contributed by atoms with Crippen LogP contribution in [0.3, 0.4) is 0 Å². The number of rotatable bonds is 9. The lowest BCUT2D eigenvalue weighted by molar-refractivity contribution is -0.143. The molecule has 5 rings (SSSR count). The smallest absolute Gasteiger partial charge is 0.242 e. The van der Waals surface area contributed by atoms with Crippen molar-refractivity contribution in [3.05, 3.63) is 77.3 Å². The lowest BCUT2D eigenvalue weighted by atomic mass is 10.0. The van der Waals surface area contributed by atoms with Gasteiger partial charge in [-0.1, -0.05) is 54.1 Å². The number of halogens is 1. The maximum Gasteiger partial charge on any atom is 0.242 e. The van der Waals surface area contributed by atoms with Gasteiger partial charge in [-0.2, -0.15) is 4.72 Å². The van der Waals surface area contributed by atoms with Crippen molar-refractivity contribution in [1.29, 1.82) is 0 Å². The minimum absolute atomic E-state index is 0.0765. The molecule has 2 amide bonds. The molecule has 3 aromatic rings. The third kappa shape index (κ3) is 7.12. The third-order valence-electron chi connectivity index (χ3n) is 8.31. The van der Waals surface area contributed by atoms with E-state index >= 15 is 0 Å². The molecule has 0 spiro atoms. The van der Waals surface area contributed by atoms with Crippen LogP contribution in [-0.4, -0.2) is 106 Å². The number of nitrogens with one attached hydrogen (secondary N) is 1. The number of carbonyl (C=O) groups excluding carboxylic acids is 2. The van der Waals surface area contributed by atoms with Crippen LogP contribution in [0.1, 0.15) is 24.4 Å². The number of piperazine rings is 1. The highest BCUT2D eigenvalue weighted by Crippen LogP contribution is 2.25. The van der Waals surface area contributed by atoms with Crippen molar-refractivity contribution < 1.29 is 18.0 Å². The van der Waals surface area contributed by atoms with E-state index in [1.165, 1.54) is 11.0 Å². The summed E-state index contributed by atoms with van der Waals surface area (Å²) in [5, 5.41) is 2.13. The summed E-state index contributed by atoms with van der Waals surface area (Å²) in [5.41, 5.74) is 1.04. The molecule has 9 nitrogen and oxygen atoms in total. The molecule has 0 aliphatic carbocycles. The molecule has 2 aliphatic rings. The Bertz CT molecular complexity index is 1530. The van der Waals surface area contributed by atoms with E-state index in [2.05, 4.69) is 21.6 Å². The maximum atomic E-state index is 13.6. The van der Waals surface area contributed by atoms with Gasteiger partial charge in [0.25, 0.3) is 0 Å². The molecular weight excluding hydrogens is 574 g/mol. The molecule has 2 saturated heterocycles. The van der Waals surface area contributed by atoms with Crippen LogP contribution in [0, 0.1) is 0 Å². The molecule has 1 unspecified atom stereocenters. The molecule has 0 radical (unpaired) electrons. The van der Waals surface area contributed by atoms with Crippen LogP contribution in [0.4, 0.5) is 0 Å². The molecule has 2 heterocycles. The number of sulfonamides is 1. The van der Waals surface area contributed by atoms with Crippen LogP contribution in [0.15, 0.2) is 71.6 Å². The number of amides is 2. The normalized spacial score (nSPS) is 19.6. The van der Waals surface area contributed by atoms with Crippen molar-refractivity contribution in [3.8, 4) is 0 Å². The van der Waals surface area contributed by atoms with E-state index in [4.69, 9.17) is 11.6 Å². The first-order chi connectivity index (χ1) is 20.1. The highest BCUT2D eigenvalue weighted by Gasteiger charge is 2.35. The van der Waals surface area contributed by atoms with E-state index in [1.54, 1.807) is 42.3 Å². The number of carbonyl (C=O) groups is 2. The van der Waals surface area contributed by atoms with Crippen molar-refractivity contribution in [2.75, 3.05) is 59.9 Å². The summed E-state index contributed by atoms with van der Waals surface area (Å²) in [6, 6.07) is 18.9. The summed E-state index contributed by atoms with van der Waals surface area (Å²) in [7, 11) is -0.0640. The van der Waals surface area contributed by atoms with Gasteiger partial charge in [0, 0.05) is 51.3 Å². The molecule has 0 bridgehead atoms. The van der Waals surface area contributed by atoms with Crippen molar-refractivity contribution in [2.45, 2.75) is 29.8 Å². The van der Waals surface area contributed by atoms with Crippen LogP contribution < -0.4 is 4.72 Å². The summed E-state index contributed by atoms with van der Waals surface area (Å²) >= 11 is 6.06. The van der Waals surface area contributed by atoms with E-state index in [-0.39, 0.29) is 29.3 Å². The first kappa shape index (κ1) is 30.4. The molecule has 0 aromatic heterocycles. The van der Waals surface area contributed by atoms with E-state index in [1.807, 2.05) is 30.3 Å². The van der Waals surface area contributed by atoms with E-state index < -0.39 is 16.1 Å². The number of likely N-dealkylation sites (N-methyl/N-ethyl adjacent to an activating group) is 2. The second-order valence-corrected chi connectivity index (χ2v) is 13.4. The summed E-state index contributed by atoms with van der Waals surface area (Å²) < 4.78 is 29.1. The van der Waals surface area contributed by atoms with Crippen molar-refractivity contribution in [2.24, 2.45) is 0 Å². The molecule has 2 fully saturated rings. The van der Waals surface area contributed by atoms with Gasteiger partial charge in [-0.3, -0.25) is 14.5 Å². The number of piperidine rings is 1. The summed E-state index contributed by atoms with van der Waals surface area (Å²) in [6.45, 7) is 4.82. The fourth-order valence-electron chi connectivity index (χ4n) is 5.67. The molecule has 0 saturated carbocycles. The van der Waals surface area contributed by atoms with Crippen LogP contribution in [-0.2, 0) is 19.6 Å². The molecule has 1 N–H and O–H groups in total. The average molecular weight is 612 g/mol. The van der Waals surface area contributed by atoms with Gasteiger partial charge < -0.3 is 14.7 Å². The SMILES string of the molecule is CN1CCN(CC(c2ccccc2)N(C)C(=O)CN2CCC[C@H](NS(=O)(=O)c3ccc4cc(Cl)ccc4c3)C2=O)CC1. The zero-order valence-electron chi connectivity index (χ0n) is 24.1. The van der Waals surface area contributed by atoms with E-state index in [9.17, 15) is 18.0 Å². The van der Waals surface area contributed by atoms with E-state index in [0.29, 0.717) is 31.0 Å². The van der Waals surface area contributed by atoms with Crippen molar-refractivity contribution in [1.82, 2.24) is 24.3 Å². The van der Waals surface area contributed by atoms with Gasteiger partial charge >= 0.3 is 0 Å². The number of fused-ring (bicyclic) bond motifs is 1. The standard InChI is InChI=1S/C31H38ClN5O4S/c1-34-15-17-36(18-16-34)21-29(23-7-4-3-5-8-23)35(2)30(38)22-37-14-6-9-28(31(37)39)33-42(40,41)27-13-11-24-19-26(32)12-10-25(24)20-27/h3-5,7-8,10-13,19-20,28-29,33H,6,9,14-18,21-22H2,1-2H3/t28-,29?/m0/s1. The van der Waals surface area contributed by atoms with Gasteiger partial charge in [-0.15, -0.1) is 0 Å². The van der Waals surface area contributed by atoms with Gasteiger partial charge in [0.2, 0.25) is 21.8 Å². The summed E-state index contributed by atoms with van der Waals surface area (Å²) in [5.74, 6) is -0.558. The van der Waals surface area contributed by atoms with Crippen molar-refractivity contribution in [3.63, 3.8) is 0 Å². The van der Waals surface area contributed by atoms with Gasteiger partial charge in [-0.05, 0) is 60.5 Å². The Morgan fingerprint density at radius 3 is 2.43 bits per heavy atom. The Kier molecular flexibility index (Phi) is 9.49. The van der Waals surface area contributed by atoms with Crippen LogP contribution in [0.2, 0.25) is 5.02 Å². The maximum absolute atomic E-state index is 13.6. The highest BCUT2D eigenvalue weighted by molar-refractivity contribution is 7.89. The quantitative estimate of drug-likeness (QED) is 0.400. The number of hydrogen-bond acceptors (Lipinski definition) is 6. The second-order valence-electron chi connectivity index (χ2n) is 11.3. The Hall–Kier alpha value is -3.02. The number of benzene rings is 3. The number of hydrogen-bond donors (Lipinski definition) is 1. The molecular formula is C31H38ClN5O4S. The lowest BCUT2D eigenvalue weighted by Crippen LogP contribution is -2.55. The monoisotopic (exact) mass is 611 g/mol. The Morgan fingerprint density at radius 2 is 1.69 bits per heavy atom. The summed E-state index contributed by atoms with van der Waals surface area (Å²) in [4.78, 5) is 35.0. The minimum atomic E-state index is -3.97. The van der Waals surface area contributed by atoms with E-state index in [0.717, 1.165) is 42.5 Å². The van der Waals surface area contributed by atoms with Crippen LogP contribution in [0.5, 0.6) is 0 Å². The predicted octanol–water partition coefficient (Wildman–Crippen LogP) is 3.21. The largest absolute Gasteiger partial charge is 0.336 e. The molecule has 224 valence electrons. The van der Waals surface area contributed by atoms with Gasteiger partial charge in [0.05, 0.1) is 17.5 Å². The predicted molar refractivity (Wildman–Crippen MR) is 165 cm³/mol. The van der Waals surface area contributed by atoms with Crippen molar-refractivity contribution >= 4 is 44.2 Å². The Labute approximate surface area is 253 Å². The molecule has 42 heavy (non-hydrogen) atoms. The number of nitrogens with zero attached hydrogens (tertiary/aromatic N) is 4. The highest BCUT2D eigenvalue weighted by atomic mass is 35.5. The Balaban J connectivity index is 1.26. The first-order valence-electron chi connectivity index (χ1n) is 14.3. The van der Waals surface area contributed by atoms with Crippen LogP contribution >= 0.6 is 11.6 Å². The first-order valence-corrected chi connectivity index (χ1v) is 16.2. The Morgan fingerprint density at radius 1 is 1.00 bits per heavy atom. The lowest BCUT2D eigenvalue weighted by Gasteiger charge is -2.39. The number of likely N-dealkylation sites (tertiary alicyclic amines) is 1. The fourth-order valence-corrected chi connectivity index (χ4v) is 7.11. The zero-order valence-corrected chi connectivity index (χ0v) is 25.7. The molecule has 3 aromatic carbocycles. The average Bonchev–Trinajstić information content (AvgIpc) is 2.98. The topological polar surface area (TPSA) is 93.3 Å². The minimum Gasteiger partial charge on any atom is -0.336 e. The molecule has 11 heteroatoms. The van der Waals surface area contributed by atoms with Gasteiger partial charge in [-0.25, -0.2) is 8.42 Å². The van der Waals surface area contributed by atoms with Gasteiger partial charge in [0.15, 0.2) is 0 Å².